The van der Waals surface area contributed by atoms with Gasteiger partial charge in [0.05, 0.1) is 38.8 Å². The van der Waals surface area contributed by atoms with Gasteiger partial charge in [-0.2, -0.15) is 0 Å². The van der Waals surface area contributed by atoms with Gasteiger partial charge in [0.25, 0.3) is 0 Å². The summed E-state index contributed by atoms with van der Waals surface area (Å²) in [6.45, 7) is 7.93. The topological polar surface area (TPSA) is 64.8 Å². The van der Waals surface area contributed by atoms with Crippen molar-refractivity contribution in [3.05, 3.63) is 88.3 Å². The van der Waals surface area contributed by atoms with E-state index >= 15 is 0 Å². The number of carbonyl (C=O) groups is 1. The molecule has 0 aromatic heterocycles. The zero-order valence-electron chi connectivity index (χ0n) is 22.7. The van der Waals surface area contributed by atoms with Gasteiger partial charge in [0.15, 0.2) is 18.8 Å². The Kier molecular flexibility index (Phi) is 6.29. The molecule has 1 aliphatic carbocycles. The molecule has 1 atom stereocenters. The molecule has 2 aromatic rings. The number of nitrogens with zero attached hydrogens (tertiary/aromatic N) is 2. The number of fused-ring (bicyclic) bond motifs is 2. The van der Waals surface area contributed by atoms with Crippen molar-refractivity contribution < 1.29 is 32.7 Å². The fourth-order valence-corrected chi connectivity index (χ4v) is 9.24. The van der Waals surface area contributed by atoms with Gasteiger partial charge in [-0.3, -0.25) is 0 Å². The summed E-state index contributed by atoms with van der Waals surface area (Å²) in [5.74, 6) is -0.651. The number of halogens is 2. The maximum atomic E-state index is 13.8. The van der Waals surface area contributed by atoms with E-state index in [0.717, 1.165) is 38.5 Å². The van der Waals surface area contributed by atoms with E-state index in [4.69, 9.17) is 9.47 Å². The Balaban J connectivity index is 1.66. The molecule has 0 amide bonds. The molecule has 1 unspecified atom stereocenters. The van der Waals surface area contributed by atoms with Crippen molar-refractivity contribution in [3.8, 4) is 11.5 Å². The number of hydrogen-bond donors (Lipinski definition) is 0. The van der Waals surface area contributed by atoms with Gasteiger partial charge >= 0.3 is 0 Å². The minimum Gasteiger partial charge on any atom is -0.545 e. The summed E-state index contributed by atoms with van der Waals surface area (Å²) < 4.78 is 41.1. The SMILES string of the molecule is C=C[Si]1(C)C2=CC(=[N+]3CC(F)C3)C=CC2=C(c2c(OC)cc(C(=O)[O-])cc2OC)c2ccc(N3CC(F)C3)cc21. The van der Waals surface area contributed by atoms with Gasteiger partial charge in [-0.15, -0.1) is 6.58 Å². The largest absolute Gasteiger partial charge is 0.545 e. The van der Waals surface area contributed by atoms with E-state index in [9.17, 15) is 18.7 Å². The van der Waals surface area contributed by atoms with Crippen LogP contribution in [0.2, 0.25) is 6.55 Å². The monoisotopic (exact) mass is 560 g/mol. The number of benzene rings is 2. The van der Waals surface area contributed by atoms with E-state index in [2.05, 4.69) is 25.3 Å². The van der Waals surface area contributed by atoms with Gasteiger partial charge < -0.3 is 24.3 Å². The lowest BCUT2D eigenvalue weighted by molar-refractivity contribution is -0.599. The van der Waals surface area contributed by atoms with Crippen molar-refractivity contribution in [3.63, 3.8) is 0 Å². The first-order chi connectivity index (χ1) is 19.2. The van der Waals surface area contributed by atoms with Crippen LogP contribution in [0.1, 0.15) is 21.5 Å². The summed E-state index contributed by atoms with van der Waals surface area (Å²) in [5.41, 5.74) is 7.27. The molecule has 0 spiro atoms. The number of carbonyl (C=O) groups excluding carboxylic acids is 1. The van der Waals surface area contributed by atoms with Gasteiger partial charge in [0, 0.05) is 29.0 Å². The number of anilines is 1. The van der Waals surface area contributed by atoms with Gasteiger partial charge in [-0.05, 0) is 51.9 Å². The molecule has 2 aromatic carbocycles. The van der Waals surface area contributed by atoms with Crippen LogP contribution >= 0.6 is 0 Å². The Bertz CT molecular complexity index is 1550. The third-order valence-corrected chi connectivity index (χ3v) is 12.3. The number of aromatic carboxylic acids is 1. The van der Waals surface area contributed by atoms with Crippen molar-refractivity contribution in [1.29, 1.82) is 0 Å². The van der Waals surface area contributed by atoms with Crippen molar-refractivity contribution in [2.75, 3.05) is 45.3 Å². The van der Waals surface area contributed by atoms with Crippen molar-refractivity contribution in [2.24, 2.45) is 0 Å². The molecule has 4 aliphatic rings. The number of carboxylic acid groups (broad SMARTS) is 1. The number of rotatable bonds is 6. The standard InChI is InChI=1S/C31H30F2N2O4Si/c1-5-40(4)27-12-21(34-14-19(32)15-34)6-8-23(27)29(24-9-7-22(13-28(24)40)35-16-20(33)17-35)30-25(38-2)10-18(31(36)37)11-26(30)39-3/h5-13,19-20H,1,14-17H2,2-4H3. The Hall–Kier alpha value is -3.98. The Morgan fingerprint density at radius 3 is 2.33 bits per heavy atom. The summed E-state index contributed by atoms with van der Waals surface area (Å²) in [7, 11) is 0.424. The molecule has 206 valence electrons. The number of hydrogen-bond acceptors (Lipinski definition) is 5. The Morgan fingerprint density at radius 1 is 1.10 bits per heavy atom. The van der Waals surface area contributed by atoms with E-state index in [1.54, 1.807) is 0 Å². The molecule has 9 heteroatoms. The van der Waals surface area contributed by atoms with E-state index in [1.807, 2.05) is 39.5 Å². The van der Waals surface area contributed by atoms with E-state index < -0.39 is 26.4 Å². The van der Waals surface area contributed by atoms with Crippen LogP contribution in [-0.4, -0.2) is 77.1 Å². The highest BCUT2D eigenvalue weighted by Crippen LogP contribution is 2.48. The molecule has 0 radical (unpaired) electrons. The molecule has 0 saturated carbocycles. The fourth-order valence-electron chi connectivity index (χ4n) is 6.08. The molecule has 6 rings (SSSR count). The van der Waals surface area contributed by atoms with Crippen LogP contribution in [0.25, 0.3) is 5.57 Å². The van der Waals surface area contributed by atoms with Crippen molar-refractivity contribution in [1.82, 2.24) is 0 Å². The second kappa shape index (κ2) is 9.59. The Labute approximate surface area is 232 Å². The zero-order valence-corrected chi connectivity index (χ0v) is 23.7. The first-order valence-electron chi connectivity index (χ1n) is 13.2. The third kappa shape index (κ3) is 3.94. The molecule has 3 aliphatic heterocycles. The van der Waals surface area contributed by atoms with Crippen LogP contribution in [0.5, 0.6) is 11.5 Å². The molecule has 3 heterocycles. The third-order valence-electron chi connectivity index (χ3n) is 8.47. The number of carboxylic acids is 1. The quantitative estimate of drug-likeness (QED) is 0.402. The van der Waals surface area contributed by atoms with Gasteiger partial charge in [-0.25, -0.2) is 13.4 Å². The normalized spacial score (nSPS) is 23.6. The first-order valence-corrected chi connectivity index (χ1v) is 15.8. The molecule has 2 saturated heterocycles. The van der Waals surface area contributed by atoms with E-state index in [-0.39, 0.29) is 5.56 Å². The minimum absolute atomic E-state index is 0.0533. The Morgan fingerprint density at radius 2 is 1.77 bits per heavy atom. The van der Waals surface area contributed by atoms with Crippen LogP contribution in [0.3, 0.4) is 0 Å². The smallest absolute Gasteiger partial charge is 0.216 e. The lowest BCUT2D eigenvalue weighted by Gasteiger charge is -2.41. The first kappa shape index (κ1) is 26.3. The second-order valence-corrected chi connectivity index (χ2v) is 14.7. The van der Waals surface area contributed by atoms with E-state index in [0.29, 0.717) is 43.2 Å². The molecule has 2 fully saturated rings. The molecule has 0 bridgehead atoms. The van der Waals surface area contributed by atoms with Crippen LogP contribution in [0, 0.1) is 0 Å². The summed E-state index contributed by atoms with van der Waals surface area (Å²) in [4.78, 5) is 13.8. The van der Waals surface area contributed by atoms with Gasteiger partial charge in [-0.1, -0.05) is 18.3 Å². The average molecular weight is 561 g/mol. The van der Waals surface area contributed by atoms with Crippen LogP contribution in [0.15, 0.2) is 71.6 Å². The number of methoxy groups -OCH3 is 2. The zero-order chi connectivity index (χ0) is 28.3. The summed E-state index contributed by atoms with van der Waals surface area (Å²) >= 11 is 0. The molecular formula is C31H30F2N2O4Si. The highest BCUT2D eigenvalue weighted by Gasteiger charge is 2.44. The van der Waals surface area contributed by atoms with Crippen LogP contribution in [-0.2, 0) is 0 Å². The summed E-state index contributed by atoms with van der Waals surface area (Å²) in [6.07, 6.45) is 4.51. The second-order valence-electron chi connectivity index (χ2n) is 10.8. The van der Waals surface area contributed by atoms with Crippen LogP contribution < -0.4 is 24.7 Å². The van der Waals surface area contributed by atoms with Gasteiger partial charge in [0.2, 0.25) is 6.17 Å². The van der Waals surface area contributed by atoms with Crippen molar-refractivity contribution in [2.45, 2.75) is 18.9 Å². The highest BCUT2D eigenvalue weighted by molar-refractivity contribution is 7.02. The number of alkyl halides is 2. The van der Waals surface area contributed by atoms with Gasteiger partial charge in [0.1, 0.15) is 25.7 Å². The predicted molar refractivity (Wildman–Crippen MR) is 152 cm³/mol. The van der Waals surface area contributed by atoms with Crippen molar-refractivity contribution >= 4 is 36.2 Å². The van der Waals surface area contributed by atoms with E-state index in [1.165, 1.54) is 26.4 Å². The summed E-state index contributed by atoms with van der Waals surface area (Å²) in [6, 6.07) is 9.08. The lowest BCUT2D eigenvalue weighted by atomic mass is 9.87. The van der Waals surface area contributed by atoms with Crippen LogP contribution in [0.4, 0.5) is 14.5 Å². The maximum Gasteiger partial charge on any atom is 0.216 e. The minimum atomic E-state index is -2.56. The fraction of sp³-hybridized carbons (Fsp3) is 0.290. The molecule has 6 nitrogen and oxygen atoms in total. The molecule has 40 heavy (non-hydrogen) atoms. The average Bonchev–Trinajstić information content (AvgIpc) is 2.93. The lowest BCUT2D eigenvalue weighted by Crippen LogP contribution is -2.53. The summed E-state index contributed by atoms with van der Waals surface area (Å²) in [5, 5.41) is 14.0. The molecule has 0 N–H and O–H groups in total. The maximum absolute atomic E-state index is 13.8. The number of allylic oxidation sites excluding steroid dienone is 5. The number of ether oxygens (including phenoxy) is 2. The molecular weight excluding hydrogens is 530 g/mol. The highest BCUT2D eigenvalue weighted by atomic mass is 28.3. The predicted octanol–water partition coefficient (Wildman–Crippen LogP) is 2.89.